The van der Waals surface area contributed by atoms with Crippen LogP contribution in [0.1, 0.15) is 12.8 Å². The monoisotopic (exact) mass is 594 g/mol. The van der Waals surface area contributed by atoms with Gasteiger partial charge in [-0.3, -0.25) is 9.59 Å². The second-order valence-electron chi connectivity index (χ2n) is 8.66. The molecular weight excluding hydrogens is 540 g/mol. The van der Waals surface area contributed by atoms with Crippen LogP contribution >= 0.6 is 0 Å². The van der Waals surface area contributed by atoms with Gasteiger partial charge < -0.3 is 59.2 Å². The quantitative estimate of drug-likeness (QED) is 0.0830. The summed E-state index contributed by atoms with van der Waals surface area (Å²) in [5.74, 6) is -0.564. The minimum Gasteiger partial charge on any atom is -0.387 e. The smallest absolute Gasteiger partial charge is 0.239 e. The summed E-state index contributed by atoms with van der Waals surface area (Å²) in [6.45, 7) is 12.0. The molecule has 0 aliphatic carbocycles. The summed E-state index contributed by atoms with van der Waals surface area (Å²) in [6, 6.07) is 0. The summed E-state index contributed by atoms with van der Waals surface area (Å²) in [5.41, 5.74) is 6.36. The lowest BCUT2D eigenvalue weighted by molar-refractivity contribution is -0.135. The fourth-order valence-corrected chi connectivity index (χ4v) is 3.11. The zero-order valence-corrected chi connectivity index (χ0v) is 25.2. The zero-order valence-electron chi connectivity index (χ0n) is 25.2. The van der Waals surface area contributed by atoms with Crippen LogP contribution in [0, 0.1) is 0 Å². The number of ether oxygens (including phenoxy) is 8. The molecule has 0 aromatic heterocycles. The van der Waals surface area contributed by atoms with E-state index in [-0.39, 0.29) is 38.1 Å². The lowest BCUT2D eigenvalue weighted by Crippen LogP contribution is -2.45. The summed E-state index contributed by atoms with van der Waals surface area (Å²) in [4.78, 5) is 25.8. The molecule has 2 amide bonds. The molecule has 4 N–H and O–H groups in total. The Morgan fingerprint density at radius 1 is 0.659 bits per heavy atom. The van der Waals surface area contributed by atoms with Gasteiger partial charge in [0.2, 0.25) is 11.8 Å². The topological polar surface area (TPSA) is 161 Å². The van der Waals surface area contributed by atoms with Gasteiger partial charge in [0.15, 0.2) is 0 Å². The van der Waals surface area contributed by atoms with Crippen molar-refractivity contribution in [3.05, 3.63) is 12.3 Å². The summed E-state index contributed by atoms with van der Waals surface area (Å²) in [5, 5.41) is 6.03. The van der Waals surface area contributed by atoms with Gasteiger partial charge in [-0.15, -0.1) is 0 Å². The van der Waals surface area contributed by atoms with Crippen LogP contribution < -0.4 is 16.4 Å². The zero-order chi connectivity index (χ0) is 30.2. The molecule has 0 rings (SSSR count). The summed E-state index contributed by atoms with van der Waals surface area (Å²) >= 11 is 0. The minimum atomic E-state index is -0.313. The van der Waals surface area contributed by atoms with Crippen molar-refractivity contribution in [1.29, 1.82) is 0 Å². The average molecular weight is 595 g/mol. The lowest BCUT2D eigenvalue weighted by atomic mass is 10.2. The van der Waals surface area contributed by atoms with Gasteiger partial charge in [-0.2, -0.15) is 0 Å². The summed E-state index contributed by atoms with van der Waals surface area (Å²) < 4.78 is 42.2. The Balaban J connectivity index is 3.74. The molecule has 0 saturated carbocycles. The molecule has 0 aromatic rings. The highest BCUT2D eigenvalue weighted by Gasteiger charge is 2.15. The number of carbonyl (C=O) groups excluding carboxylic acids is 2. The number of hydrogen-bond donors (Lipinski definition) is 3. The van der Waals surface area contributed by atoms with Crippen molar-refractivity contribution in [2.75, 3.05) is 139 Å². The molecule has 0 fully saturated rings. The first kappa shape index (κ1) is 39.1. The molecule has 0 spiro atoms. The van der Waals surface area contributed by atoms with E-state index < -0.39 is 0 Å². The maximum Gasteiger partial charge on any atom is 0.239 e. The van der Waals surface area contributed by atoms with Crippen LogP contribution in [0.15, 0.2) is 12.3 Å². The normalized spacial score (nSPS) is 11.0. The maximum absolute atomic E-state index is 12.3. The van der Waals surface area contributed by atoms with Crippen LogP contribution in [-0.4, -0.2) is 156 Å². The third-order valence-corrected chi connectivity index (χ3v) is 5.32. The fraction of sp³-hybridized carbons (Fsp3) is 0.852. The number of nitrogens with one attached hydrogen (secondary N) is 2. The van der Waals surface area contributed by atoms with E-state index in [1.807, 2.05) is 0 Å². The van der Waals surface area contributed by atoms with Gasteiger partial charge in [0, 0.05) is 39.6 Å². The molecule has 0 heterocycles. The Hall–Kier alpha value is -1.88. The van der Waals surface area contributed by atoms with E-state index in [1.54, 1.807) is 14.2 Å². The predicted molar refractivity (Wildman–Crippen MR) is 154 cm³/mol. The highest BCUT2D eigenvalue weighted by molar-refractivity contribution is 5.85. The molecule has 0 aromatic carbocycles. The molecule has 0 radical (unpaired) electrons. The van der Waals surface area contributed by atoms with Crippen molar-refractivity contribution in [2.45, 2.75) is 12.8 Å². The molecule has 0 atom stereocenters. The van der Waals surface area contributed by atoms with Gasteiger partial charge in [0.05, 0.1) is 106 Å². The van der Waals surface area contributed by atoms with E-state index in [2.05, 4.69) is 17.2 Å². The van der Waals surface area contributed by atoms with E-state index in [9.17, 15) is 9.59 Å². The van der Waals surface area contributed by atoms with Crippen molar-refractivity contribution in [2.24, 2.45) is 5.73 Å². The third kappa shape index (κ3) is 28.0. The first-order valence-electron chi connectivity index (χ1n) is 14.2. The van der Waals surface area contributed by atoms with Crippen molar-refractivity contribution < 1.29 is 47.5 Å². The van der Waals surface area contributed by atoms with Crippen molar-refractivity contribution in [3.8, 4) is 0 Å². The largest absolute Gasteiger partial charge is 0.387 e. The molecule has 0 bridgehead atoms. The summed E-state index contributed by atoms with van der Waals surface area (Å²) in [7, 11) is 3.25. The second-order valence-corrected chi connectivity index (χ2v) is 8.66. The van der Waals surface area contributed by atoms with Gasteiger partial charge in [0.1, 0.15) is 0 Å². The molecule has 0 aliphatic rings. The van der Waals surface area contributed by atoms with Gasteiger partial charge >= 0.3 is 0 Å². The van der Waals surface area contributed by atoms with Crippen LogP contribution in [0.25, 0.3) is 0 Å². The van der Waals surface area contributed by atoms with Crippen LogP contribution in [0.5, 0.6) is 0 Å². The first-order chi connectivity index (χ1) is 20.0. The fourth-order valence-electron chi connectivity index (χ4n) is 3.11. The Kier molecular flexibility index (Phi) is 29.6. The van der Waals surface area contributed by atoms with Crippen LogP contribution in [0.4, 0.5) is 0 Å². The van der Waals surface area contributed by atoms with Crippen LogP contribution in [0.2, 0.25) is 0 Å². The Bertz CT molecular complexity index is 631. The van der Waals surface area contributed by atoms with E-state index in [0.717, 1.165) is 5.70 Å². The van der Waals surface area contributed by atoms with Gasteiger partial charge in [-0.05, 0) is 12.8 Å². The molecule has 14 nitrogen and oxygen atoms in total. The second kappa shape index (κ2) is 31.1. The molecule has 0 aliphatic heterocycles. The highest BCUT2D eigenvalue weighted by atomic mass is 16.6. The standard InChI is InChI=1S/C27H54N4O10/c1-25(29-7-9-36-15-17-40-21-19-38-13-11-34-2)5-4-6-30-26(32)24-31(27(33)23-28)8-10-37-16-18-41-22-20-39-14-12-35-3/h29H,1,4-24,28H2,2-3H3,(H,30,32). The number of nitrogens with zero attached hydrogens (tertiary/aromatic N) is 1. The van der Waals surface area contributed by atoms with Crippen LogP contribution in [-0.2, 0) is 47.5 Å². The summed E-state index contributed by atoms with van der Waals surface area (Å²) in [6.07, 6.45) is 1.41. The Morgan fingerprint density at radius 3 is 1.61 bits per heavy atom. The van der Waals surface area contributed by atoms with Crippen molar-refractivity contribution >= 4 is 11.8 Å². The molecule has 242 valence electrons. The Morgan fingerprint density at radius 2 is 1.12 bits per heavy atom. The number of rotatable bonds is 32. The maximum atomic E-state index is 12.3. The van der Waals surface area contributed by atoms with E-state index >= 15 is 0 Å². The van der Waals surface area contributed by atoms with Gasteiger partial charge in [0.25, 0.3) is 0 Å². The first-order valence-corrected chi connectivity index (χ1v) is 14.2. The number of methoxy groups -OCH3 is 2. The number of amides is 2. The molecule has 0 saturated heterocycles. The molecule has 41 heavy (non-hydrogen) atoms. The van der Waals surface area contributed by atoms with E-state index in [1.165, 1.54) is 4.90 Å². The molecule has 0 unspecified atom stereocenters. The minimum absolute atomic E-state index is 0.0736. The average Bonchev–Trinajstić information content (AvgIpc) is 2.97. The molecule has 14 heteroatoms. The van der Waals surface area contributed by atoms with Gasteiger partial charge in [-0.1, -0.05) is 6.58 Å². The number of carbonyl (C=O) groups is 2. The van der Waals surface area contributed by atoms with Gasteiger partial charge in [-0.25, -0.2) is 0 Å². The predicted octanol–water partition coefficient (Wildman–Crippen LogP) is -0.834. The van der Waals surface area contributed by atoms with E-state index in [0.29, 0.717) is 112 Å². The lowest BCUT2D eigenvalue weighted by Gasteiger charge is -2.21. The van der Waals surface area contributed by atoms with Crippen molar-refractivity contribution in [1.82, 2.24) is 15.5 Å². The third-order valence-electron chi connectivity index (χ3n) is 5.32. The molecular formula is C27H54N4O10. The number of hydrogen-bond acceptors (Lipinski definition) is 12. The van der Waals surface area contributed by atoms with Crippen LogP contribution in [0.3, 0.4) is 0 Å². The number of allylic oxidation sites excluding steroid dienone is 1. The Labute approximate surface area is 245 Å². The SMILES string of the molecule is C=C(CCCNC(=O)CN(CCOCCOCCOCCOC)C(=O)CN)NCCOCCOCCOCCOC. The number of nitrogens with two attached hydrogens (primary N) is 1. The highest BCUT2D eigenvalue weighted by Crippen LogP contribution is 1.98. The van der Waals surface area contributed by atoms with Crippen molar-refractivity contribution in [3.63, 3.8) is 0 Å². The van der Waals surface area contributed by atoms with E-state index in [4.69, 9.17) is 43.6 Å².